The van der Waals surface area contributed by atoms with E-state index in [0.717, 1.165) is 0 Å². The highest BCUT2D eigenvalue weighted by molar-refractivity contribution is 6.41. The van der Waals surface area contributed by atoms with Crippen LogP contribution in [0.4, 0.5) is 0 Å². The molecule has 2 atom stereocenters. The first kappa shape index (κ1) is 20.4. The maximum absolute atomic E-state index is 12.3. The lowest BCUT2D eigenvalue weighted by atomic mass is 9.90. The summed E-state index contributed by atoms with van der Waals surface area (Å²) in [5.74, 6) is -2.77. The predicted octanol–water partition coefficient (Wildman–Crippen LogP) is 1.21. The van der Waals surface area contributed by atoms with Crippen molar-refractivity contribution in [2.75, 3.05) is 0 Å². The number of esters is 1. The van der Waals surface area contributed by atoms with Crippen molar-refractivity contribution in [3.8, 4) is 6.07 Å². The maximum atomic E-state index is 12.3. The average Bonchev–Trinajstić information content (AvgIpc) is 2.78. The summed E-state index contributed by atoms with van der Waals surface area (Å²) in [6.07, 6.45) is -1.21. The van der Waals surface area contributed by atoms with E-state index in [1.165, 1.54) is 11.6 Å². The predicted molar refractivity (Wildman–Crippen MR) is 89.6 cm³/mol. The van der Waals surface area contributed by atoms with Crippen LogP contribution in [0.25, 0.3) is 0 Å². The lowest BCUT2D eigenvalue weighted by Gasteiger charge is -2.28. The molecule has 0 fully saturated rings. The molecule has 1 N–H and O–H groups in total. The summed E-state index contributed by atoms with van der Waals surface area (Å²) in [4.78, 5) is 36.6. The number of hydrogen-bond donors (Lipinski definition) is 1. The largest absolute Gasteiger partial charge is 0.447 e. The summed E-state index contributed by atoms with van der Waals surface area (Å²) in [5.41, 5.74) is 0.0200. The maximum Gasteiger partial charge on any atom is 0.380 e. The van der Waals surface area contributed by atoms with Crippen LogP contribution in [0.2, 0.25) is 0 Å². The van der Waals surface area contributed by atoms with Gasteiger partial charge in [0.15, 0.2) is 6.10 Å². The number of Topliss-reactive ketones (excluding diaryl/α,β-unsaturated/α-hetero) is 1. The summed E-state index contributed by atoms with van der Waals surface area (Å²) < 4.78 is 6.46. The Hall–Kier alpha value is -2.69. The Morgan fingerprint density at radius 3 is 2.24 bits per heavy atom. The van der Waals surface area contributed by atoms with Crippen LogP contribution in [0.3, 0.4) is 0 Å². The van der Waals surface area contributed by atoms with Gasteiger partial charge in [0.05, 0.1) is 17.3 Å². The van der Waals surface area contributed by atoms with Gasteiger partial charge in [-0.25, -0.2) is 4.79 Å². The number of carbonyl (C=O) groups excluding carboxylic acids is 3. The molecule has 136 valence electrons. The van der Waals surface area contributed by atoms with Gasteiger partial charge in [0.2, 0.25) is 0 Å². The average molecular weight is 348 g/mol. The normalized spacial score (nSPS) is 14.4. The van der Waals surface area contributed by atoms with Crippen molar-refractivity contribution in [3.63, 3.8) is 0 Å². The molecule has 2 unspecified atom stereocenters. The zero-order chi connectivity index (χ0) is 19.5. The zero-order valence-corrected chi connectivity index (χ0v) is 15.6. The Kier molecular flexibility index (Phi) is 6.08. The number of amides is 1. The molecule has 1 aromatic heterocycles. The third-order valence-corrected chi connectivity index (χ3v) is 4.34. The third-order valence-electron chi connectivity index (χ3n) is 4.34. The SMILES string of the molecule is Cc1nn(C)c(C)c1C(=O)C(=O)OC(C)C(=O)NC(C)(C#N)C(C)C. The number of ether oxygens (including phenoxy) is 1. The van der Waals surface area contributed by atoms with Gasteiger partial charge in [-0.3, -0.25) is 14.3 Å². The van der Waals surface area contributed by atoms with Crippen LogP contribution in [0.5, 0.6) is 0 Å². The fourth-order valence-corrected chi connectivity index (χ4v) is 2.13. The Morgan fingerprint density at radius 1 is 1.28 bits per heavy atom. The van der Waals surface area contributed by atoms with Gasteiger partial charge >= 0.3 is 5.97 Å². The minimum absolute atomic E-state index is 0.147. The van der Waals surface area contributed by atoms with E-state index in [4.69, 9.17) is 4.74 Å². The van der Waals surface area contributed by atoms with E-state index in [-0.39, 0.29) is 11.5 Å². The van der Waals surface area contributed by atoms with E-state index < -0.39 is 29.3 Å². The summed E-state index contributed by atoms with van der Waals surface area (Å²) in [6, 6.07) is 2.03. The Bertz CT molecular complexity index is 745. The Balaban J connectivity index is 2.84. The molecule has 0 saturated heterocycles. The van der Waals surface area contributed by atoms with E-state index in [0.29, 0.717) is 11.4 Å². The first-order valence-electron chi connectivity index (χ1n) is 7.93. The number of aromatic nitrogens is 2. The molecule has 1 amide bonds. The lowest BCUT2D eigenvalue weighted by Crippen LogP contribution is -2.52. The molecule has 1 heterocycles. The van der Waals surface area contributed by atoms with Gasteiger partial charge in [0.25, 0.3) is 11.7 Å². The number of nitriles is 1. The van der Waals surface area contributed by atoms with Crippen molar-refractivity contribution in [2.24, 2.45) is 13.0 Å². The first-order chi connectivity index (χ1) is 11.4. The summed E-state index contributed by atoms with van der Waals surface area (Å²) in [6.45, 7) is 9.79. The molecule has 8 nitrogen and oxygen atoms in total. The van der Waals surface area contributed by atoms with Crippen LogP contribution in [-0.2, 0) is 21.4 Å². The van der Waals surface area contributed by atoms with Gasteiger partial charge in [-0.1, -0.05) is 13.8 Å². The quantitative estimate of drug-likeness (QED) is 0.469. The van der Waals surface area contributed by atoms with E-state index >= 15 is 0 Å². The fourth-order valence-electron chi connectivity index (χ4n) is 2.13. The minimum atomic E-state index is -1.21. The summed E-state index contributed by atoms with van der Waals surface area (Å²) in [5, 5.41) is 15.9. The second-order valence-electron chi connectivity index (χ2n) is 6.50. The van der Waals surface area contributed by atoms with Gasteiger partial charge in [-0.05, 0) is 33.6 Å². The van der Waals surface area contributed by atoms with Crippen molar-refractivity contribution in [3.05, 3.63) is 17.0 Å². The standard InChI is InChI=1S/C17H24N4O4/c1-9(2)17(6,8-18)19-15(23)12(5)25-16(24)14(22)13-10(3)20-21(7)11(13)4/h9,12H,1-7H3,(H,19,23). The van der Waals surface area contributed by atoms with Gasteiger partial charge in [-0.15, -0.1) is 0 Å². The van der Waals surface area contributed by atoms with Gasteiger partial charge < -0.3 is 10.1 Å². The first-order valence-corrected chi connectivity index (χ1v) is 7.93. The van der Waals surface area contributed by atoms with Crippen molar-refractivity contribution in [1.82, 2.24) is 15.1 Å². The van der Waals surface area contributed by atoms with Crippen LogP contribution in [-0.4, -0.2) is 39.1 Å². The van der Waals surface area contributed by atoms with Gasteiger partial charge in [0.1, 0.15) is 5.54 Å². The number of ketones is 1. The highest BCUT2D eigenvalue weighted by Crippen LogP contribution is 2.16. The van der Waals surface area contributed by atoms with Gasteiger partial charge in [-0.2, -0.15) is 10.4 Å². The molecule has 8 heteroatoms. The second-order valence-corrected chi connectivity index (χ2v) is 6.50. The number of rotatable bonds is 6. The molecule has 1 rings (SSSR count). The minimum Gasteiger partial charge on any atom is -0.447 e. The molecule has 1 aromatic rings. The van der Waals surface area contributed by atoms with E-state index in [9.17, 15) is 19.6 Å². The molecular weight excluding hydrogens is 324 g/mol. The highest BCUT2D eigenvalue weighted by atomic mass is 16.6. The molecule has 0 aliphatic heterocycles. The van der Waals surface area contributed by atoms with E-state index in [1.54, 1.807) is 41.7 Å². The van der Waals surface area contributed by atoms with Crippen molar-refractivity contribution < 1.29 is 19.1 Å². The molecule has 0 aliphatic rings. The van der Waals surface area contributed by atoms with Crippen LogP contribution in [0.1, 0.15) is 49.4 Å². The van der Waals surface area contributed by atoms with Crippen molar-refractivity contribution in [2.45, 2.75) is 53.2 Å². The zero-order valence-electron chi connectivity index (χ0n) is 15.6. The summed E-state index contributed by atoms with van der Waals surface area (Å²) >= 11 is 0. The fraction of sp³-hybridized carbons (Fsp3) is 0.588. The molecule has 0 aromatic carbocycles. The molecular formula is C17H24N4O4. The van der Waals surface area contributed by atoms with Crippen LogP contribution in [0, 0.1) is 31.1 Å². The van der Waals surface area contributed by atoms with Crippen LogP contribution >= 0.6 is 0 Å². The molecule has 0 bridgehead atoms. The number of hydrogen-bond acceptors (Lipinski definition) is 6. The third kappa shape index (κ3) is 4.24. The monoisotopic (exact) mass is 348 g/mol. The number of nitrogens with zero attached hydrogens (tertiary/aromatic N) is 3. The molecule has 0 aliphatic carbocycles. The Labute approximate surface area is 147 Å². The number of aryl methyl sites for hydroxylation is 2. The topological polar surface area (TPSA) is 114 Å². The molecule has 0 radical (unpaired) electrons. The molecule has 0 spiro atoms. The van der Waals surface area contributed by atoms with E-state index in [2.05, 4.69) is 10.4 Å². The van der Waals surface area contributed by atoms with Crippen LogP contribution < -0.4 is 5.32 Å². The lowest BCUT2D eigenvalue weighted by molar-refractivity contribution is -0.151. The van der Waals surface area contributed by atoms with Gasteiger partial charge in [0, 0.05) is 12.7 Å². The number of nitrogens with one attached hydrogen (secondary N) is 1. The summed E-state index contributed by atoms with van der Waals surface area (Å²) in [7, 11) is 1.66. The van der Waals surface area contributed by atoms with Crippen molar-refractivity contribution in [1.29, 1.82) is 5.26 Å². The highest BCUT2D eigenvalue weighted by Gasteiger charge is 2.34. The second kappa shape index (κ2) is 7.47. The molecule has 25 heavy (non-hydrogen) atoms. The molecule has 0 saturated carbocycles. The van der Waals surface area contributed by atoms with E-state index in [1.807, 2.05) is 6.07 Å². The number of carbonyl (C=O) groups is 3. The van der Waals surface area contributed by atoms with Crippen LogP contribution in [0.15, 0.2) is 0 Å². The Morgan fingerprint density at radius 2 is 1.84 bits per heavy atom. The van der Waals surface area contributed by atoms with Crippen molar-refractivity contribution >= 4 is 17.7 Å². The smallest absolute Gasteiger partial charge is 0.380 e.